The number of hydrogen-bond donors (Lipinski definition) is 1. The maximum Gasteiger partial charge on any atom is 0.148 e. The standard InChI is InChI=1S/C64H64N3O.Pt/c1-61(2,3)49-28-26-43(27-29-49)44-30-31-65-56(37-44)48-33-45(41-20-15-13-16-21-41)32-47(34-48)53-24-19-25-57-58(53)66-60(54-39-51(63(7,8)9)40-55(59(54)68)64(10,11)12)67(57)52-36-46(42-22-17-14-18-23-42)35-50(38-52)62(4,5)6;/h13-33,35-40,68H,1-12H3;/q-1;/i1D3,2D3,3D3,26D,27D,28D,29D;. The minimum Gasteiger partial charge on any atom is -0.507 e. The summed E-state index contributed by atoms with van der Waals surface area (Å²) in [7, 11) is 0. The third-order valence-corrected chi connectivity index (χ3v) is 12.4. The van der Waals surface area contributed by atoms with Crippen molar-refractivity contribution in [3.63, 3.8) is 0 Å². The van der Waals surface area contributed by atoms with Gasteiger partial charge in [0.25, 0.3) is 0 Å². The molecule has 0 aliphatic carbocycles. The van der Waals surface area contributed by atoms with Crippen molar-refractivity contribution < 1.29 is 44.0 Å². The Morgan fingerprint density at radius 3 is 1.74 bits per heavy atom. The molecule has 0 atom stereocenters. The molecule has 5 heteroatoms. The average molecular weight is 1100 g/mol. The minimum absolute atomic E-state index is 0. The zero-order valence-electron chi connectivity index (χ0n) is 53.4. The number of aromatic nitrogens is 3. The Bertz CT molecular complexity index is 3840. The summed E-state index contributed by atoms with van der Waals surface area (Å²) in [5, 5.41) is 12.6. The van der Waals surface area contributed by atoms with Crippen LogP contribution in [0.3, 0.4) is 0 Å². The third kappa shape index (κ3) is 10.1. The molecular formula is C64H64N3OPt-. The Kier molecular flexibility index (Phi) is 9.36. The van der Waals surface area contributed by atoms with Gasteiger partial charge in [0.05, 0.1) is 22.1 Å². The van der Waals surface area contributed by atoms with Gasteiger partial charge in [0, 0.05) is 56.5 Å². The van der Waals surface area contributed by atoms with E-state index in [1.54, 1.807) is 0 Å². The van der Waals surface area contributed by atoms with Crippen molar-refractivity contribution in [1.82, 2.24) is 14.5 Å². The fourth-order valence-corrected chi connectivity index (χ4v) is 8.57. The molecule has 0 spiro atoms. The fourth-order valence-electron chi connectivity index (χ4n) is 8.57. The van der Waals surface area contributed by atoms with Crippen LogP contribution in [0.1, 0.15) is 123 Å². The quantitative estimate of drug-likeness (QED) is 0.162. The zero-order chi connectivity index (χ0) is 59.3. The second-order valence-corrected chi connectivity index (χ2v) is 20.7. The first-order valence-corrected chi connectivity index (χ1v) is 22.9. The molecule has 4 nitrogen and oxygen atoms in total. The smallest absolute Gasteiger partial charge is 0.148 e. The van der Waals surface area contributed by atoms with Crippen molar-refractivity contribution >= 4 is 11.0 Å². The maximum absolute atomic E-state index is 12.6. The number of rotatable bonds is 7. The van der Waals surface area contributed by atoms with Gasteiger partial charge in [-0.05, 0) is 96.5 Å². The molecule has 0 fully saturated rings. The fraction of sp³-hybridized carbons (Fsp3) is 0.250. The van der Waals surface area contributed by atoms with Crippen molar-refractivity contribution in [2.45, 2.75) is 105 Å². The van der Waals surface area contributed by atoms with E-state index in [4.69, 9.17) is 25.0 Å². The molecule has 0 saturated heterocycles. The SMILES string of the molecule is [2H]c1c([2H])c(C(C([2H])([2H])[2H])(C([2H])([2H])[2H])C([2H])([2H])[2H])c([2H])c([2H])c1-c1ccnc(-c2[c-]c(-c3cccc4c3nc(-c3cc(C(C)(C)C)cc(C(C)(C)C)c3O)n4-c3cc(-c4ccccc4)cc(C(C)(C)C)c3)cc(-c3ccccc3)c2)c1.[Pt]. The van der Waals surface area contributed by atoms with Gasteiger partial charge in [-0.25, -0.2) is 4.98 Å². The van der Waals surface area contributed by atoms with E-state index >= 15 is 0 Å². The molecule has 9 aromatic rings. The van der Waals surface area contributed by atoms with Gasteiger partial charge >= 0.3 is 0 Å². The molecule has 0 saturated carbocycles. The van der Waals surface area contributed by atoms with E-state index in [2.05, 4.69) is 109 Å². The number of nitrogens with zero attached hydrogens (tertiary/aromatic N) is 3. The molecule has 1 N–H and O–H groups in total. The number of imidazole rings is 1. The van der Waals surface area contributed by atoms with Crippen molar-refractivity contribution in [2.75, 3.05) is 0 Å². The Labute approximate surface area is 443 Å². The summed E-state index contributed by atoms with van der Waals surface area (Å²) >= 11 is 0. The molecule has 0 aliphatic rings. The van der Waals surface area contributed by atoms with Crippen molar-refractivity contribution in [3.8, 4) is 78.6 Å². The number of fused-ring (bicyclic) bond motifs is 1. The Balaban J connectivity index is 0.00000880. The van der Waals surface area contributed by atoms with Crippen LogP contribution in [-0.4, -0.2) is 19.6 Å². The summed E-state index contributed by atoms with van der Waals surface area (Å²) in [6.07, 6.45) is 1.42. The number of pyridine rings is 1. The molecule has 0 aliphatic heterocycles. The number of phenolic OH excluding ortho intramolecular Hbond substituents is 1. The molecule has 0 radical (unpaired) electrons. The van der Waals surface area contributed by atoms with Gasteiger partial charge in [0.15, 0.2) is 0 Å². The molecule has 0 amide bonds. The number of phenols is 1. The van der Waals surface area contributed by atoms with E-state index < -0.39 is 61.1 Å². The van der Waals surface area contributed by atoms with Crippen molar-refractivity contribution in [1.29, 1.82) is 0 Å². The molecule has 0 bridgehead atoms. The normalized spacial score (nSPS) is 15.6. The molecule has 7 aromatic carbocycles. The molecule has 69 heavy (non-hydrogen) atoms. The number of para-hydroxylation sites is 1. The van der Waals surface area contributed by atoms with Crippen LogP contribution in [-0.2, 0) is 42.7 Å². The maximum atomic E-state index is 12.6. The van der Waals surface area contributed by atoms with Gasteiger partial charge in [0.1, 0.15) is 11.6 Å². The average Bonchev–Trinajstić information content (AvgIpc) is 3.78. The predicted octanol–water partition coefficient (Wildman–Crippen LogP) is 17.1. The van der Waals surface area contributed by atoms with Gasteiger partial charge in [-0.1, -0.05) is 215 Å². The largest absolute Gasteiger partial charge is 0.507 e. The Morgan fingerprint density at radius 1 is 0.522 bits per heavy atom. The summed E-state index contributed by atoms with van der Waals surface area (Å²) in [5.41, 5.74) is 5.09. The molecule has 352 valence electrons. The van der Waals surface area contributed by atoms with Crippen molar-refractivity contribution in [2.24, 2.45) is 0 Å². The first-order chi connectivity index (χ1) is 37.6. The molecule has 2 aromatic heterocycles. The van der Waals surface area contributed by atoms with Gasteiger partial charge in [-0.3, -0.25) is 9.55 Å². The summed E-state index contributed by atoms with van der Waals surface area (Å²) in [5.74, 6) is 0.641. The van der Waals surface area contributed by atoms with Crippen molar-refractivity contribution in [3.05, 3.63) is 192 Å². The minimum atomic E-state index is -3.82. The zero-order valence-corrected chi connectivity index (χ0v) is 42.7. The molecule has 2 heterocycles. The predicted molar refractivity (Wildman–Crippen MR) is 287 cm³/mol. The van der Waals surface area contributed by atoms with Crippen LogP contribution in [0, 0.1) is 6.07 Å². The number of hydrogen-bond acceptors (Lipinski definition) is 3. The van der Waals surface area contributed by atoms with E-state index in [1.165, 1.54) is 18.3 Å². The molecular weight excluding hydrogens is 1020 g/mol. The van der Waals surface area contributed by atoms with Crippen LogP contribution < -0.4 is 0 Å². The van der Waals surface area contributed by atoms with Gasteiger partial charge in [-0.15, -0.1) is 23.8 Å². The van der Waals surface area contributed by atoms with E-state index in [-0.39, 0.29) is 48.8 Å². The Hall–Kier alpha value is -6.35. The third-order valence-electron chi connectivity index (χ3n) is 12.4. The van der Waals surface area contributed by atoms with E-state index in [1.807, 2.05) is 84.9 Å². The first kappa shape index (κ1) is 34.9. The van der Waals surface area contributed by atoms with E-state index in [9.17, 15) is 7.85 Å². The van der Waals surface area contributed by atoms with E-state index in [0.29, 0.717) is 39.3 Å². The second-order valence-electron chi connectivity index (χ2n) is 20.7. The van der Waals surface area contributed by atoms with Crippen LogP contribution in [0.2, 0.25) is 0 Å². The molecule has 0 unspecified atom stereocenters. The first-order valence-electron chi connectivity index (χ1n) is 29.4. The summed E-state index contributed by atoms with van der Waals surface area (Å²) < 4.78 is 113. The van der Waals surface area contributed by atoms with Gasteiger partial charge in [0.2, 0.25) is 0 Å². The number of aromatic hydroxyl groups is 1. The van der Waals surface area contributed by atoms with Crippen LogP contribution in [0.4, 0.5) is 0 Å². The Morgan fingerprint density at radius 2 is 1.13 bits per heavy atom. The summed E-state index contributed by atoms with van der Waals surface area (Å²) in [6.45, 7) is 7.79. The van der Waals surface area contributed by atoms with Gasteiger partial charge < -0.3 is 5.11 Å². The van der Waals surface area contributed by atoms with E-state index in [0.717, 1.165) is 50.1 Å². The van der Waals surface area contributed by atoms with Gasteiger partial charge in [-0.2, -0.15) is 0 Å². The van der Waals surface area contributed by atoms with Crippen LogP contribution >= 0.6 is 0 Å². The van der Waals surface area contributed by atoms with Crippen LogP contribution in [0.5, 0.6) is 5.75 Å². The topological polar surface area (TPSA) is 50.9 Å². The van der Waals surface area contributed by atoms with Crippen LogP contribution in [0.25, 0.3) is 83.9 Å². The number of benzene rings is 7. The summed E-state index contributed by atoms with van der Waals surface area (Å²) in [6, 6.07) is 43.2. The summed E-state index contributed by atoms with van der Waals surface area (Å²) in [4.78, 5) is 10.3. The van der Waals surface area contributed by atoms with Crippen LogP contribution in [0.15, 0.2) is 164 Å². The monoisotopic (exact) mass is 1100 g/mol. The second kappa shape index (κ2) is 18.5. The molecule has 9 rings (SSSR count).